The van der Waals surface area contributed by atoms with E-state index in [0.29, 0.717) is 16.9 Å². The van der Waals surface area contributed by atoms with Crippen LogP contribution >= 0.6 is 11.8 Å². The molecule has 30 heavy (non-hydrogen) atoms. The van der Waals surface area contributed by atoms with Crippen LogP contribution in [0.1, 0.15) is 41.6 Å². The maximum absolute atomic E-state index is 12.7. The second-order valence-corrected chi connectivity index (χ2v) is 9.44. The normalized spacial score (nSPS) is 11.2. The fourth-order valence-corrected chi connectivity index (χ4v) is 3.97. The highest BCUT2D eigenvalue weighted by molar-refractivity contribution is 8.00. The summed E-state index contributed by atoms with van der Waals surface area (Å²) in [4.78, 5) is 26.4. The Bertz CT molecular complexity index is 1050. The molecule has 0 aliphatic carbocycles. The van der Waals surface area contributed by atoms with E-state index >= 15 is 0 Å². The zero-order chi connectivity index (χ0) is 21.9. The maximum Gasteiger partial charge on any atom is 0.357 e. The van der Waals surface area contributed by atoms with Gasteiger partial charge < -0.3 is 9.47 Å². The average Bonchev–Trinajstić information content (AvgIpc) is 3.13. The van der Waals surface area contributed by atoms with Gasteiger partial charge >= 0.3 is 11.9 Å². The van der Waals surface area contributed by atoms with Gasteiger partial charge in [0.25, 0.3) is 0 Å². The van der Waals surface area contributed by atoms with Gasteiger partial charge in [0, 0.05) is 15.2 Å². The van der Waals surface area contributed by atoms with Crippen molar-refractivity contribution in [2.75, 3.05) is 14.2 Å². The summed E-state index contributed by atoms with van der Waals surface area (Å²) in [6, 6.07) is 16.8. The molecule has 3 aromatic rings. The van der Waals surface area contributed by atoms with Crippen molar-refractivity contribution >= 4 is 23.7 Å². The first-order valence-corrected chi connectivity index (χ1v) is 10.2. The summed E-state index contributed by atoms with van der Waals surface area (Å²) in [5.74, 6) is -1.32. The smallest absolute Gasteiger partial charge is 0.357 e. The lowest BCUT2D eigenvalue weighted by Crippen LogP contribution is -2.15. The van der Waals surface area contributed by atoms with Crippen molar-refractivity contribution < 1.29 is 19.1 Å². The molecule has 0 saturated heterocycles. The molecule has 2 aromatic carbocycles. The number of benzene rings is 2. The fourth-order valence-electron chi connectivity index (χ4n) is 2.99. The molecule has 6 nitrogen and oxygen atoms in total. The van der Waals surface area contributed by atoms with Gasteiger partial charge in [0.1, 0.15) is 11.3 Å². The van der Waals surface area contributed by atoms with Crippen molar-refractivity contribution in [2.24, 2.45) is 0 Å². The lowest BCUT2D eigenvalue weighted by molar-refractivity contribution is 0.0549. The van der Waals surface area contributed by atoms with Crippen molar-refractivity contribution in [3.63, 3.8) is 0 Å². The van der Waals surface area contributed by atoms with Gasteiger partial charge in [0.2, 0.25) is 0 Å². The molecular formula is C23H24N2O4S. The molecule has 0 spiro atoms. The number of carbonyl (C=O) groups excluding carboxylic acids is 2. The summed E-state index contributed by atoms with van der Waals surface area (Å²) in [5.41, 5.74) is 1.80. The molecular weight excluding hydrogens is 400 g/mol. The SMILES string of the molecule is COC(=O)c1c(-c2ccc(SC(C)(C)C)cc2)nn(-c2ccccc2)c1C(=O)OC. The summed E-state index contributed by atoms with van der Waals surface area (Å²) in [6.07, 6.45) is 0. The summed E-state index contributed by atoms with van der Waals surface area (Å²) in [7, 11) is 2.54. The summed E-state index contributed by atoms with van der Waals surface area (Å²) in [6.45, 7) is 6.43. The topological polar surface area (TPSA) is 70.4 Å². The van der Waals surface area contributed by atoms with Crippen LogP contribution in [0.25, 0.3) is 16.9 Å². The predicted molar refractivity (Wildman–Crippen MR) is 117 cm³/mol. The first-order chi connectivity index (χ1) is 14.2. The van der Waals surface area contributed by atoms with Crippen molar-refractivity contribution in [3.05, 3.63) is 65.9 Å². The Balaban J connectivity index is 2.20. The Hall–Kier alpha value is -3.06. The average molecular weight is 425 g/mol. The standard InChI is InChI=1S/C23H24N2O4S/c1-23(2,3)30-17-13-11-15(12-14-17)19-18(21(26)28-4)20(22(27)29-5)25(24-19)16-9-7-6-8-10-16/h6-14H,1-5H3. The van der Waals surface area contributed by atoms with Crippen molar-refractivity contribution in [3.8, 4) is 16.9 Å². The third kappa shape index (κ3) is 4.57. The molecule has 0 bridgehead atoms. The molecule has 7 heteroatoms. The number of methoxy groups -OCH3 is 2. The highest BCUT2D eigenvalue weighted by Crippen LogP contribution is 2.34. The molecule has 0 radical (unpaired) electrons. The molecule has 0 unspecified atom stereocenters. The molecule has 0 N–H and O–H groups in total. The van der Waals surface area contributed by atoms with E-state index < -0.39 is 11.9 Å². The van der Waals surface area contributed by atoms with Gasteiger partial charge in [-0.2, -0.15) is 5.10 Å². The van der Waals surface area contributed by atoms with Crippen LogP contribution in [-0.4, -0.2) is 40.7 Å². The molecule has 1 heterocycles. The quantitative estimate of drug-likeness (QED) is 0.424. The Morgan fingerprint density at radius 1 is 0.900 bits per heavy atom. The molecule has 0 aliphatic heterocycles. The van der Waals surface area contributed by atoms with Gasteiger partial charge in [0.15, 0.2) is 5.69 Å². The third-order valence-corrected chi connectivity index (χ3v) is 5.33. The van der Waals surface area contributed by atoms with Crippen molar-refractivity contribution in [1.82, 2.24) is 9.78 Å². The summed E-state index contributed by atoms with van der Waals surface area (Å²) < 4.78 is 11.4. The molecule has 1 aromatic heterocycles. The minimum absolute atomic E-state index is 0.0266. The Kier molecular flexibility index (Phi) is 6.31. The maximum atomic E-state index is 12.7. The fraction of sp³-hybridized carbons (Fsp3) is 0.261. The first kappa shape index (κ1) is 21.6. The van der Waals surface area contributed by atoms with E-state index in [1.807, 2.05) is 42.5 Å². The molecule has 156 valence electrons. The van der Waals surface area contributed by atoms with Gasteiger partial charge in [-0.05, 0) is 24.3 Å². The highest BCUT2D eigenvalue weighted by Gasteiger charge is 2.31. The van der Waals surface area contributed by atoms with Gasteiger partial charge in [-0.3, -0.25) is 0 Å². The molecule has 0 fully saturated rings. The van der Waals surface area contributed by atoms with E-state index in [0.717, 1.165) is 4.90 Å². The number of esters is 2. The minimum atomic E-state index is -0.669. The third-order valence-electron chi connectivity index (χ3n) is 4.21. The number of ether oxygens (including phenoxy) is 2. The van der Waals surface area contributed by atoms with Crippen LogP contribution in [0.3, 0.4) is 0 Å². The number of para-hydroxylation sites is 1. The van der Waals surface area contributed by atoms with Gasteiger partial charge in [0.05, 0.1) is 19.9 Å². The second kappa shape index (κ2) is 8.75. The van der Waals surface area contributed by atoms with Crippen LogP contribution in [0.5, 0.6) is 0 Å². The van der Waals surface area contributed by atoms with Crippen LogP contribution in [0.15, 0.2) is 59.5 Å². The van der Waals surface area contributed by atoms with E-state index in [4.69, 9.17) is 9.47 Å². The van der Waals surface area contributed by atoms with E-state index in [1.165, 1.54) is 18.9 Å². The van der Waals surface area contributed by atoms with Crippen molar-refractivity contribution in [2.45, 2.75) is 30.4 Å². The lowest BCUT2D eigenvalue weighted by Gasteiger charge is -2.17. The van der Waals surface area contributed by atoms with Crippen LogP contribution in [0, 0.1) is 0 Å². The Morgan fingerprint density at radius 3 is 2.03 bits per heavy atom. The number of aromatic nitrogens is 2. The molecule has 3 rings (SSSR count). The highest BCUT2D eigenvalue weighted by atomic mass is 32.2. The van der Waals surface area contributed by atoms with E-state index in [-0.39, 0.29) is 16.0 Å². The predicted octanol–water partition coefficient (Wildman–Crippen LogP) is 5.00. The summed E-state index contributed by atoms with van der Waals surface area (Å²) in [5, 5.41) is 4.60. The lowest BCUT2D eigenvalue weighted by atomic mass is 10.1. The molecule has 0 amide bonds. The molecule has 0 aliphatic rings. The zero-order valence-electron chi connectivity index (χ0n) is 17.6. The monoisotopic (exact) mass is 424 g/mol. The largest absolute Gasteiger partial charge is 0.465 e. The van der Waals surface area contributed by atoms with Gasteiger partial charge in [-0.25, -0.2) is 14.3 Å². The van der Waals surface area contributed by atoms with Gasteiger partial charge in [-0.15, -0.1) is 11.8 Å². The number of thioether (sulfide) groups is 1. The van der Waals surface area contributed by atoms with Crippen LogP contribution in [0.2, 0.25) is 0 Å². The minimum Gasteiger partial charge on any atom is -0.465 e. The number of carbonyl (C=O) groups is 2. The van der Waals surface area contributed by atoms with Crippen LogP contribution in [0.4, 0.5) is 0 Å². The van der Waals surface area contributed by atoms with Crippen LogP contribution in [-0.2, 0) is 9.47 Å². The molecule has 0 saturated carbocycles. The molecule has 0 atom stereocenters. The number of hydrogen-bond acceptors (Lipinski definition) is 6. The van der Waals surface area contributed by atoms with E-state index in [9.17, 15) is 9.59 Å². The van der Waals surface area contributed by atoms with E-state index in [2.05, 4.69) is 25.9 Å². The van der Waals surface area contributed by atoms with Gasteiger partial charge in [-0.1, -0.05) is 51.1 Å². The zero-order valence-corrected chi connectivity index (χ0v) is 18.4. The van der Waals surface area contributed by atoms with E-state index in [1.54, 1.807) is 23.9 Å². The Labute approximate surface area is 180 Å². The number of hydrogen-bond donors (Lipinski definition) is 0. The van der Waals surface area contributed by atoms with Crippen molar-refractivity contribution in [1.29, 1.82) is 0 Å². The number of rotatable bonds is 5. The first-order valence-electron chi connectivity index (χ1n) is 9.39. The summed E-state index contributed by atoms with van der Waals surface area (Å²) >= 11 is 1.74. The number of nitrogens with zero attached hydrogens (tertiary/aromatic N) is 2. The van der Waals surface area contributed by atoms with Crippen LogP contribution < -0.4 is 0 Å². The Morgan fingerprint density at radius 2 is 1.50 bits per heavy atom. The second-order valence-electron chi connectivity index (χ2n) is 7.54.